The standard InChI is InChI=1S/C88H117ClN30O18S/c1-52-53(2)138-86-73(52)74(55-13-15-56(89)16-14-55)106-63(75-113-112-54(3)119(75)86)47-72(124)102-57-17-19-60(20-18-57)137-44-43-136-42-39-134-36-32-99-79(125)61(11-9-25-100-87(90)91)107-80(126)62(12-10-26-101-88(92)93)105-71(123)24-34-132-37-40-135-41-38-133-35-31-94-68(120)21-27-98-83(129)77-110-66(50-117(77)7)108-69(121)22-28-97-82(128)65-46-59(49-116(65)6)104-85(131)78-111-67(51-118(78)8)109-70(122)23-29-96-81(127)64-45-58(48-115(64)5)103-84(130)76-95-30-33-114(76)4/h13-20,30,33,45-46,48-51,61-63H,9-12,21-29,31-32,34-44,47H2,1-8H3,(H,94,120)(H,96,127)(H,97,128)(H,98,129)(H,99,125)(H,102,124)(H,103,130)(H,104,131)(H,105,123)(H,107,126)(H,108,121)(H,109,122)(H4,90,91,100)(H4,92,93,101)/t61-,62-,63-/m0/s1. The maximum atomic E-state index is 13.9. The van der Waals surface area contributed by atoms with E-state index >= 15 is 0 Å². The number of halogens is 1. The summed E-state index contributed by atoms with van der Waals surface area (Å²) in [5, 5.41) is 63.3. The number of ether oxygens (including phenoxy) is 6. The van der Waals surface area contributed by atoms with Gasteiger partial charge in [0.2, 0.25) is 53.0 Å². The third kappa shape index (κ3) is 32.5. The second-order valence-electron chi connectivity index (χ2n) is 31.6. The Kier molecular flexibility index (Phi) is 40.4. The first-order chi connectivity index (χ1) is 66.2. The maximum Gasteiger partial charge on any atom is 0.291 e. The van der Waals surface area contributed by atoms with Crippen molar-refractivity contribution in [3.63, 3.8) is 0 Å². The number of thiophene rings is 1. The number of carbonyl (C=O) groups is 12. The number of benzene rings is 2. The monoisotopic (exact) mass is 1950 g/mol. The Morgan fingerprint density at radius 1 is 0.471 bits per heavy atom. The van der Waals surface area contributed by atoms with Crippen molar-refractivity contribution in [3.05, 3.63) is 165 Å². The molecule has 8 heterocycles. The fourth-order valence-electron chi connectivity index (χ4n) is 13.9. The van der Waals surface area contributed by atoms with Crippen LogP contribution in [0, 0.1) is 31.6 Å². The number of fused-ring (bicyclic) bond motifs is 3. The van der Waals surface area contributed by atoms with Crippen molar-refractivity contribution in [3.8, 4) is 10.8 Å². The zero-order chi connectivity index (χ0) is 99.3. The van der Waals surface area contributed by atoms with E-state index in [0.29, 0.717) is 46.6 Å². The van der Waals surface area contributed by atoms with E-state index in [0.717, 1.165) is 32.3 Å². The van der Waals surface area contributed by atoms with Crippen LogP contribution in [0.4, 0.5) is 28.7 Å². The minimum atomic E-state index is -1.09. The molecule has 1 aliphatic heterocycles. The molecule has 2 aromatic carbocycles. The average Bonchev–Trinajstić information content (AvgIpc) is 1.58. The minimum absolute atomic E-state index is 0.00111. The Labute approximate surface area is 802 Å². The molecule has 3 atom stereocenters. The Bertz CT molecular complexity index is 5800. The van der Waals surface area contributed by atoms with Gasteiger partial charge in [-0.3, -0.25) is 77.9 Å². The van der Waals surface area contributed by atoms with Crippen molar-refractivity contribution in [1.29, 1.82) is 10.8 Å². The highest BCUT2D eigenvalue weighted by molar-refractivity contribution is 7.15. The van der Waals surface area contributed by atoms with E-state index in [1.54, 1.807) is 87.8 Å². The molecule has 12 amide bonds. The summed E-state index contributed by atoms with van der Waals surface area (Å²) in [5.41, 5.74) is 16.2. The van der Waals surface area contributed by atoms with Gasteiger partial charge in [0.1, 0.15) is 52.7 Å². The van der Waals surface area contributed by atoms with Crippen molar-refractivity contribution in [2.24, 2.45) is 51.7 Å². The van der Waals surface area contributed by atoms with Crippen LogP contribution < -0.4 is 90.6 Å². The molecule has 0 saturated carbocycles. The number of rotatable bonds is 56. The number of aromatic nitrogens is 11. The number of nitrogens with two attached hydrogens (primary N) is 2. The molecule has 10 rings (SSSR count). The fraction of sp³-hybridized carbons (Fsp3) is 0.432. The molecule has 0 radical (unpaired) electrons. The number of nitrogens with one attached hydrogen (secondary N) is 16. The molecule has 0 spiro atoms. The number of amides is 12. The van der Waals surface area contributed by atoms with E-state index in [1.807, 2.05) is 35.8 Å². The van der Waals surface area contributed by atoms with Gasteiger partial charge in [-0.1, -0.05) is 23.7 Å². The summed E-state index contributed by atoms with van der Waals surface area (Å²) < 4.78 is 43.3. The number of hydrogen-bond donors (Lipinski definition) is 18. The molecule has 740 valence electrons. The summed E-state index contributed by atoms with van der Waals surface area (Å²) in [4.78, 5) is 177. The van der Waals surface area contributed by atoms with Gasteiger partial charge in [-0.25, -0.2) is 15.0 Å². The highest BCUT2D eigenvalue weighted by Gasteiger charge is 2.34. The van der Waals surface area contributed by atoms with E-state index in [2.05, 4.69) is 113 Å². The third-order valence-electron chi connectivity index (χ3n) is 21.0. The Balaban J connectivity index is 0.533. The largest absolute Gasteiger partial charge is 0.491 e. The van der Waals surface area contributed by atoms with Crippen LogP contribution in [-0.2, 0) is 92.5 Å². The van der Waals surface area contributed by atoms with Crippen LogP contribution in [0.5, 0.6) is 5.75 Å². The summed E-state index contributed by atoms with van der Waals surface area (Å²) in [6.07, 6.45) is 9.42. The number of guanidine groups is 2. The summed E-state index contributed by atoms with van der Waals surface area (Å²) >= 11 is 7.91. The molecule has 50 heteroatoms. The number of aryl methyl sites for hydroxylation is 7. The molecule has 0 bridgehead atoms. The fourth-order valence-corrected chi connectivity index (χ4v) is 15.3. The zero-order valence-electron chi connectivity index (χ0n) is 77.7. The first-order valence-corrected chi connectivity index (χ1v) is 45.5. The lowest BCUT2D eigenvalue weighted by atomic mass is 9.99. The zero-order valence-corrected chi connectivity index (χ0v) is 79.3. The summed E-state index contributed by atoms with van der Waals surface area (Å²) in [6, 6.07) is 14.6. The van der Waals surface area contributed by atoms with Gasteiger partial charge in [-0.15, -0.1) is 21.5 Å². The molecule has 1 aliphatic rings. The van der Waals surface area contributed by atoms with E-state index in [-0.39, 0.29) is 233 Å². The van der Waals surface area contributed by atoms with Gasteiger partial charge >= 0.3 is 0 Å². The topological polar surface area (TPSA) is 635 Å². The first kappa shape index (κ1) is 105. The normalized spacial score (nSPS) is 12.4. The maximum absolute atomic E-state index is 13.9. The Hall–Kier alpha value is -14.8. The van der Waals surface area contributed by atoms with Gasteiger partial charge in [0.05, 0.1) is 89.6 Å². The van der Waals surface area contributed by atoms with Gasteiger partial charge < -0.3 is 137 Å². The molecule has 138 heavy (non-hydrogen) atoms. The van der Waals surface area contributed by atoms with Gasteiger partial charge in [0.15, 0.2) is 35.2 Å². The third-order valence-corrected chi connectivity index (χ3v) is 22.4. The molecule has 0 aliphatic carbocycles. The highest BCUT2D eigenvalue weighted by Crippen LogP contribution is 2.40. The van der Waals surface area contributed by atoms with Gasteiger partial charge in [0.25, 0.3) is 29.5 Å². The summed E-state index contributed by atoms with van der Waals surface area (Å²) in [6.45, 7) is 8.37. The molecule has 48 nitrogen and oxygen atoms in total. The number of anilines is 5. The van der Waals surface area contributed by atoms with Crippen molar-refractivity contribution in [2.75, 3.05) is 145 Å². The second kappa shape index (κ2) is 52.9. The molecule has 9 aromatic rings. The van der Waals surface area contributed by atoms with Crippen molar-refractivity contribution < 1.29 is 86.0 Å². The van der Waals surface area contributed by atoms with Gasteiger partial charge in [-0.2, -0.15) is 0 Å². The lowest BCUT2D eigenvalue weighted by molar-refractivity contribution is -0.132. The number of aliphatic imine (C=N–C) groups is 1. The smallest absolute Gasteiger partial charge is 0.291 e. The Morgan fingerprint density at radius 2 is 0.978 bits per heavy atom. The second-order valence-corrected chi connectivity index (χ2v) is 33.2. The quantitative estimate of drug-likeness (QED) is 0.0147. The number of nitrogens with zero attached hydrogens (tertiary/aromatic N) is 12. The first-order valence-electron chi connectivity index (χ1n) is 44.3. The van der Waals surface area contributed by atoms with Crippen LogP contribution in [0.15, 0.2) is 103 Å². The van der Waals surface area contributed by atoms with Crippen LogP contribution in [0.1, 0.15) is 150 Å². The number of imidazole rings is 3. The summed E-state index contributed by atoms with van der Waals surface area (Å²) in [5.74, 6) is -4.62. The predicted molar refractivity (Wildman–Crippen MR) is 510 cm³/mol. The van der Waals surface area contributed by atoms with Crippen LogP contribution in [0.2, 0.25) is 5.02 Å². The molecule has 20 N–H and O–H groups in total. The lowest BCUT2D eigenvalue weighted by Crippen LogP contribution is -2.54. The number of hydrogen-bond acceptors (Lipinski definition) is 27. The van der Waals surface area contributed by atoms with Crippen LogP contribution >= 0.6 is 22.9 Å². The molecular weight excluding hydrogens is 1830 g/mol. The SMILES string of the molecule is Cc1sc2c(c1C)C(c1ccc(Cl)cc1)=N[C@@H](CC(=O)Nc1ccc(OCCOCCOCCNC(=O)[C@H](CCCNC(=N)N)NC(=O)[C@H](CCCNC(=N)N)NC(=O)CCOCCOCCOCCNC(=O)CCNC(=O)c3nc(NC(=O)CCNC(=O)c4cc(NC(=O)c5nc(NC(=O)CCNC(=O)c6cc(NC(=O)c7nccn7C)cn6C)cn5C)cn4C)cn3C)cc1)c1nnc(C)n1-2. The van der Waals surface area contributed by atoms with Crippen LogP contribution in [-0.4, -0.2) is 272 Å². The average molecular weight is 1950 g/mol. The summed E-state index contributed by atoms with van der Waals surface area (Å²) in [7, 11) is 7.98. The molecular formula is C88H117ClN30O18S. The van der Waals surface area contributed by atoms with Crippen molar-refractivity contribution >= 4 is 140 Å². The van der Waals surface area contributed by atoms with E-state index in [4.69, 9.17) is 67.3 Å². The minimum Gasteiger partial charge on any atom is -0.491 e. The molecule has 0 fully saturated rings. The van der Waals surface area contributed by atoms with E-state index < -0.39 is 77.2 Å². The highest BCUT2D eigenvalue weighted by atomic mass is 35.5. The van der Waals surface area contributed by atoms with Crippen LogP contribution in [0.3, 0.4) is 0 Å². The molecule has 0 unspecified atom stereocenters. The van der Waals surface area contributed by atoms with Gasteiger partial charge in [-0.05, 0) is 101 Å². The Morgan fingerprint density at radius 3 is 1.53 bits per heavy atom. The van der Waals surface area contributed by atoms with E-state index in [1.165, 1.54) is 55.2 Å². The van der Waals surface area contributed by atoms with E-state index in [9.17, 15) is 57.5 Å². The van der Waals surface area contributed by atoms with Crippen LogP contribution in [0.25, 0.3) is 5.00 Å². The van der Waals surface area contributed by atoms with Gasteiger partial charge in [0, 0.05) is 171 Å². The molecule has 0 saturated heterocycles. The number of carbonyl (C=O) groups excluding carboxylic acids is 12. The predicted octanol–water partition coefficient (Wildman–Crippen LogP) is 2.13. The molecule has 7 aromatic heterocycles. The lowest BCUT2D eigenvalue weighted by Gasteiger charge is -2.23. The van der Waals surface area contributed by atoms with Crippen molar-refractivity contribution in [2.45, 2.75) is 96.7 Å². The van der Waals surface area contributed by atoms with Crippen molar-refractivity contribution in [1.82, 2.24) is 100 Å².